The Labute approximate surface area is 118 Å². The third kappa shape index (κ3) is 4.90. The number of benzene rings is 1. The zero-order chi connectivity index (χ0) is 15.3. The predicted octanol–water partition coefficient (Wildman–Crippen LogP) is 2.68. The molecule has 1 aromatic rings. The number of amides is 1. The van der Waals surface area contributed by atoms with Gasteiger partial charge in [-0.1, -0.05) is 0 Å². The third-order valence-corrected chi connectivity index (χ3v) is 2.71. The second-order valence-corrected chi connectivity index (χ2v) is 4.44. The summed E-state index contributed by atoms with van der Waals surface area (Å²) in [5.41, 5.74) is -1.06. The quantitative estimate of drug-likeness (QED) is 0.733. The first-order valence-corrected chi connectivity index (χ1v) is 6.24. The van der Waals surface area contributed by atoms with Crippen molar-refractivity contribution in [2.75, 3.05) is 23.1 Å². The Morgan fingerprint density at radius 1 is 1.45 bits per heavy atom. The van der Waals surface area contributed by atoms with Gasteiger partial charge in [0.15, 0.2) is 0 Å². The maximum Gasteiger partial charge on any atom is 0.418 e. The van der Waals surface area contributed by atoms with Crippen molar-refractivity contribution in [2.45, 2.75) is 19.2 Å². The van der Waals surface area contributed by atoms with Crippen LogP contribution >= 0.6 is 11.6 Å². The number of carbonyl (C=O) groups excluding carboxylic acids is 1. The van der Waals surface area contributed by atoms with Gasteiger partial charge in [-0.25, -0.2) is 0 Å². The number of aliphatic hydroxyl groups excluding tert-OH is 1. The van der Waals surface area contributed by atoms with E-state index >= 15 is 0 Å². The monoisotopic (exact) mass is 310 g/mol. The van der Waals surface area contributed by atoms with E-state index in [2.05, 4.69) is 10.6 Å². The minimum Gasteiger partial charge on any atom is -0.390 e. The van der Waals surface area contributed by atoms with E-state index in [1.807, 2.05) is 0 Å². The molecule has 1 aromatic carbocycles. The Bertz CT molecular complexity index is 480. The normalized spacial score (nSPS) is 12.9. The van der Waals surface area contributed by atoms with Gasteiger partial charge in [0.05, 0.1) is 17.5 Å². The summed E-state index contributed by atoms with van der Waals surface area (Å²) in [6.07, 6.45) is -5.53. The summed E-state index contributed by atoms with van der Waals surface area (Å²) in [5, 5.41) is 14.0. The molecule has 0 radical (unpaired) electrons. The van der Waals surface area contributed by atoms with Gasteiger partial charge in [-0.05, 0) is 18.2 Å². The van der Waals surface area contributed by atoms with Crippen LogP contribution in [-0.4, -0.2) is 29.5 Å². The molecule has 1 unspecified atom stereocenters. The second kappa shape index (κ2) is 6.81. The van der Waals surface area contributed by atoms with Crippen molar-refractivity contribution in [3.63, 3.8) is 0 Å². The minimum absolute atomic E-state index is 0.0493. The fourth-order valence-corrected chi connectivity index (χ4v) is 1.61. The van der Waals surface area contributed by atoms with Gasteiger partial charge in [0.25, 0.3) is 0 Å². The first-order chi connectivity index (χ1) is 9.24. The fraction of sp³-hybridized carbons (Fsp3) is 0.417. The number of alkyl halides is 4. The molecule has 0 bridgehead atoms. The van der Waals surface area contributed by atoms with Crippen molar-refractivity contribution >= 4 is 28.9 Å². The fourth-order valence-electron chi connectivity index (χ4n) is 1.50. The number of carbonyl (C=O) groups is 1. The lowest BCUT2D eigenvalue weighted by atomic mass is 10.1. The molecule has 0 saturated heterocycles. The highest BCUT2D eigenvalue weighted by molar-refractivity contribution is 6.18. The van der Waals surface area contributed by atoms with Crippen LogP contribution in [-0.2, 0) is 11.0 Å². The van der Waals surface area contributed by atoms with Crippen molar-refractivity contribution < 1.29 is 23.1 Å². The lowest BCUT2D eigenvalue weighted by Gasteiger charge is -2.17. The van der Waals surface area contributed by atoms with Crippen LogP contribution in [0.3, 0.4) is 0 Å². The Balaban J connectivity index is 3.01. The summed E-state index contributed by atoms with van der Waals surface area (Å²) >= 11 is 5.37. The maximum absolute atomic E-state index is 12.9. The van der Waals surface area contributed by atoms with Gasteiger partial charge in [-0.15, -0.1) is 11.6 Å². The average molecular weight is 311 g/mol. The van der Waals surface area contributed by atoms with Crippen LogP contribution in [0.2, 0.25) is 0 Å². The van der Waals surface area contributed by atoms with E-state index in [9.17, 15) is 23.1 Å². The molecule has 0 spiro atoms. The van der Waals surface area contributed by atoms with E-state index in [0.717, 1.165) is 6.07 Å². The Morgan fingerprint density at radius 2 is 2.10 bits per heavy atom. The van der Waals surface area contributed by atoms with Gasteiger partial charge in [0, 0.05) is 24.8 Å². The van der Waals surface area contributed by atoms with Gasteiger partial charge in [-0.2, -0.15) is 13.2 Å². The van der Waals surface area contributed by atoms with Crippen molar-refractivity contribution in [3.05, 3.63) is 23.8 Å². The molecule has 0 aliphatic carbocycles. The summed E-state index contributed by atoms with van der Waals surface area (Å²) in [6, 6.07) is 3.36. The lowest BCUT2D eigenvalue weighted by Crippen LogP contribution is -2.22. The smallest absolute Gasteiger partial charge is 0.390 e. The molecule has 4 nitrogen and oxygen atoms in total. The van der Waals surface area contributed by atoms with Crippen LogP contribution in [0.4, 0.5) is 24.5 Å². The number of anilines is 2. The zero-order valence-electron chi connectivity index (χ0n) is 10.6. The predicted molar refractivity (Wildman–Crippen MR) is 71.0 cm³/mol. The molecular weight excluding hydrogens is 297 g/mol. The summed E-state index contributed by atoms with van der Waals surface area (Å²) in [4.78, 5) is 10.9. The molecule has 0 aliphatic rings. The Morgan fingerprint density at radius 3 is 2.60 bits per heavy atom. The van der Waals surface area contributed by atoms with Crippen LogP contribution in [0.25, 0.3) is 0 Å². The van der Waals surface area contributed by atoms with Gasteiger partial charge < -0.3 is 15.7 Å². The van der Waals surface area contributed by atoms with E-state index in [1.54, 1.807) is 0 Å². The van der Waals surface area contributed by atoms with Crippen molar-refractivity contribution in [1.29, 1.82) is 0 Å². The topological polar surface area (TPSA) is 61.4 Å². The van der Waals surface area contributed by atoms with Crippen LogP contribution < -0.4 is 10.6 Å². The van der Waals surface area contributed by atoms with E-state index in [1.165, 1.54) is 19.1 Å². The van der Waals surface area contributed by atoms with E-state index in [4.69, 9.17) is 11.6 Å². The molecule has 1 atom stereocenters. The number of aliphatic hydroxyl groups is 1. The van der Waals surface area contributed by atoms with Crippen molar-refractivity contribution in [3.8, 4) is 0 Å². The van der Waals surface area contributed by atoms with Crippen LogP contribution in [0.5, 0.6) is 0 Å². The first-order valence-electron chi connectivity index (χ1n) is 5.70. The van der Waals surface area contributed by atoms with Gasteiger partial charge >= 0.3 is 6.18 Å². The molecule has 20 heavy (non-hydrogen) atoms. The largest absolute Gasteiger partial charge is 0.418 e. The van der Waals surface area contributed by atoms with E-state index in [-0.39, 0.29) is 23.8 Å². The number of hydrogen-bond acceptors (Lipinski definition) is 3. The average Bonchev–Trinajstić information content (AvgIpc) is 2.34. The maximum atomic E-state index is 12.9. The van der Waals surface area contributed by atoms with Gasteiger partial charge in [-0.3, -0.25) is 4.79 Å². The lowest BCUT2D eigenvalue weighted by molar-refractivity contribution is -0.137. The van der Waals surface area contributed by atoms with E-state index in [0.29, 0.717) is 0 Å². The standard InChI is InChI=1S/C12H14ClF3N2O2/c1-7(19)18-8-2-3-11(17-6-9(20)5-13)10(4-8)12(14,15)16/h2-4,9,17,20H,5-6H2,1H3,(H,18,19). The van der Waals surface area contributed by atoms with Crippen LogP contribution in [0.1, 0.15) is 12.5 Å². The highest BCUT2D eigenvalue weighted by atomic mass is 35.5. The molecule has 0 aliphatic heterocycles. The SMILES string of the molecule is CC(=O)Nc1ccc(NCC(O)CCl)c(C(F)(F)F)c1. The summed E-state index contributed by atoms with van der Waals surface area (Å²) in [6.45, 7) is 1.10. The summed E-state index contributed by atoms with van der Waals surface area (Å²) in [5.74, 6) is -0.547. The zero-order valence-corrected chi connectivity index (χ0v) is 11.3. The van der Waals surface area contributed by atoms with Gasteiger partial charge in [0.1, 0.15) is 0 Å². The van der Waals surface area contributed by atoms with Crippen molar-refractivity contribution in [1.82, 2.24) is 0 Å². The third-order valence-electron chi connectivity index (χ3n) is 2.35. The van der Waals surface area contributed by atoms with Crippen molar-refractivity contribution in [2.24, 2.45) is 0 Å². The molecule has 112 valence electrons. The summed E-state index contributed by atoms with van der Waals surface area (Å²) in [7, 11) is 0. The number of halogens is 4. The summed E-state index contributed by atoms with van der Waals surface area (Å²) < 4.78 is 38.8. The molecule has 0 heterocycles. The number of nitrogens with one attached hydrogen (secondary N) is 2. The highest BCUT2D eigenvalue weighted by Gasteiger charge is 2.34. The second-order valence-electron chi connectivity index (χ2n) is 4.13. The number of hydrogen-bond donors (Lipinski definition) is 3. The van der Waals surface area contributed by atoms with E-state index < -0.39 is 23.8 Å². The first kappa shape index (κ1) is 16.6. The Kier molecular flexibility index (Phi) is 5.64. The minimum atomic E-state index is -4.58. The van der Waals surface area contributed by atoms with Crippen LogP contribution in [0, 0.1) is 0 Å². The molecule has 8 heteroatoms. The molecule has 0 saturated carbocycles. The molecular formula is C12H14ClF3N2O2. The molecule has 1 amide bonds. The van der Waals surface area contributed by atoms with Crippen LogP contribution in [0.15, 0.2) is 18.2 Å². The molecule has 1 rings (SSSR count). The number of rotatable bonds is 5. The molecule has 3 N–H and O–H groups in total. The highest BCUT2D eigenvalue weighted by Crippen LogP contribution is 2.36. The van der Waals surface area contributed by atoms with Gasteiger partial charge in [0.2, 0.25) is 5.91 Å². The molecule has 0 aromatic heterocycles. The Hall–Kier alpha value is -1.47. The molecule has 0 fully saturated rings.